The number of nitrogens with one attached hydrogen (secondary N) is 3. The molecule has 5 aliphatic rings. The number of aromatic hydroxyl groups is 1. The van der Waals surface area contributed by atoms with E-state index in [1.807, 2.05) is 82.7 Å². The van der Waals surface area contributed by atoms with Gasteiger partial charge in [-0.25, -0.2) is 9.97 Å². The predicted molar refractivity (Wildman–Crippen MR) is 259 cm³/mol. The molecular weight excluding hydrogens is 845 g/mol. The van der Waals surface area contributed by atoms with Gasteiger partial charge in [-0.15, -0.1) is 16.6 Å². The minimum Gasteiger partial charge on any atom is -0.507 e. The number of carbonyl (C=O) groups is 3. The van der Waals surface area contributed by atoms with Crippen LogP contribution in [0.3, 0.4) is 0 Å². The standard InChI is InChI=1S/C51H64N12O4/c1-6-34-13-15-35(16-14-34)29-55-48(66)40-11-9-19-63(40)49(67)45(50(2,3)4)56-47(65)36-27-51(28-36)32-62(33-51)44-31-53-43(30-54-44)61-20-17-37(18-21-61)59-22-24-60(25-23-59)41-26-39(57-58-46(41)52-5)38-10-7-8-12-42(38)64/h1,7-8,10,12-16,26,30-31,36-37,40,45,64H,9,11,17-25,27-29,32-33H2,2-5H3,(H,52,58)(H,55,66)(H,56,65). The molecule has 4 aliphatic heterocycles. The number of phenolic OH excluding ortho intramolecular Hbond substituents is 1. The van der Waals surface area contributed by atoms with E-state index in [0.717, 1.165) is 119 Å². The third-order valence-electron chi connectivity index (χ3n) is 14.7. The Labute approximate surface area is 393 Å². The highest BCUT2D eigenvalue weighted by molar-refractivity contribution is 5.93. The number of amides is 3. The molecule has 2 atom stereocenters. The highest BCUT2D eigenvalue weighted by atomic mass is 16.3. The second-order valence-corrected chi connectivity index (χ2v) is 20.2. The molecule has 6 heterocycles. The molecule has 4 N–H and O–H groups in total. The Bertz CT molecular complexity index is 2460. The summed E-state index contributed by atoms with van der Waals surface area (Å²) in [6.45, 7) is 13.9. The molecule has 4 aromatic rings. The second kappa shape index (κ2) is 19.0. The normalized spacial score (nSPS) is 20.4. The summed E-state index contributed by atoms with van der Waals surface area (Å²) < 4.78 is 0. The predicted octanol–water partition coefficient (Wildman–Crippen LogP) is 4.51. The van der Waals surface area contributed by atoms with Gasteiger partial charge in [-0.1, -0.05) is 51.0 Å². The first-order valence-electron chi connectivity index (χ1n) is 23.9. The van der Waals surface area contributed by atoms with E-state index < -0.39 is 17.5 Å². The second-order valence-electron chi connectivity index (χ2n) is 20.2. The van der Waals surface area contributed by atoms with Crippen LogP contribution in [-0.2, 0) is 20.9 Å². The van der Waals surface area contributed by atoms with Crippen molar-refractivity contribution in [3.8, 4) is 29.4 Å². The highest BCUT2D eigenvalue weighted by Crippen LogP contribution is 2.53. The molecule has 1 aliphatic carbocycles. The SMILES string of the molecule is C#Cc1ccc(CNC(=O)C2CCCN2C(=O)C(NC(=O)C2CC3(C2)CN(c2cnc(N4CCC(N5CCN(c6cc(-c7ccccc7O)nnc6NC)CC5)CC4)cn2)C3)C(C)(C)C)cc1. The Morgan fingerprint density at radius 3 is 2.18 bits per heavy atom. The Morgan fingerprint density at radius 2 is 1.54 bits per heavy atom. The van der Waals surface area contributed by atoms with Gasteiger partial charge in [0.1, 0.15) is 29.5 Å². The van der Waals surface area contributed by atoms with Crippen LogP contribution in [0.5, 0.6) is 5.75 Å². The number of piperidine rings is 1. The van der Waals surface area contributed by atoms with Crippen LogP contribution < -0.4 is 30.7 Å². The molecule has 4 saturated heterocycles. The van der Waals surface area contributed by atoms with E-state index in [0.29, 0.717) is 36.8 Å². The van der Waals surface area contributed by atoms with Crippen molar-refractivity contribution in [1.82, 2.24) is 40.6 Å². The van der Waals surface area contributed by atoms with Gasteiger partial charge in [0.15, 0.2) is 5.82 Å². The monoisotopic (exact) mass is 909 g/mol. The number of hydrogen-bond donors (Lipinski definition) is 4. The van der Waals surface area contributed by atoms with Gasteiger partial charge in [-0.2, -0.15) is 0 Å². The number of hydrogen-bond acceptors (Lipinski definition) is 13. The number of terminal acetylenes is 1. The van der Waals surface area contributed by atoms with Crippen molar-refractivity contribution in [3.63, 3.8) is 0 Å². The molecule has 16 heteroatoms. The number of para-hydroxylation sites is 1. The van der Waals surface area contributed by atoms with Gasteiger partial charge >= 0.3 is 0 Å². The average molecular weight is 909 g/mol. The Morgan fingerprint density at radius 1 is 0.851 bits per heavy atom. The first kappa shape index (κ1) is 45.7. The fourth-order valence-electron chi connectivity index (χ4n) is 10.8. The van der Waals surface area contributed by atoms with E-state index in [1.165, 1.54) is 0 Å². The van der Waals surface area contributed by atoms with Crippen LogP contribution in [0.15, 0.2) is 67.0 Å². The summed E-state index contributed by atoms with van der Waals surface area (Å²) >= 11 is 0. The van der Waals surface area contributed by atoms with Crippen LogP contribution in [0.4, 0.5) is 23.1 Å². The number of nitrogens with zero attached hydrogens (tertiary/aromatic N) is 9. The van der Waals surface area contributed by atoms with Crippen LogP contribution in [0.25, 0.3) is 11.3 Å². The molecule has 5 fully saturated rings. The zero-order valence-electron chi connectivity index (χ0n) is 39.2. The van der Waals surface area contributed by atoms with Gasteiger partial charge < -0.3 is 40.7 Å². The third kappa shape index (κ3) is 9.70. The third-order valence-corrected chi connectivity index (χ3v) is 14.7. The van der Waals surface area contributed by atoms with Crippen LogP contribution in [0.1, 0.15) is 70.4 Å². The molecule has 16 nitrogen and oxygen atoms in total. The number of piperazine rings is 1. The number of aromatic nitrogens is 4. The van der Waals surface area contributed by atoms with Gasteiger partial charge in [-0.3, -0.25) is 19.3 Å². The Hall–Kier alpha value is -6.47. The fraction of sp³-hybridized carbons (Fsp3) is 0.510. The van der Waals surface area contributed by atoms with Crippen molar-refractivity contribution in [2.75, 3.05) is 86.0 Å². The lowest BCUT2D eigenvalue weighted by atomic mass is 9.57. The summed E-state index contributed by atoms with van der Waals surface area (Å²) in [7, 11) is 1.86. The molecule has 0 radical (unpaired) electrons. The minimum atomic E-state index is -0.745. The Kier molecular flexibility index (Phi) is 13.0. The number of anilines is 4. The molecule has 67 heavy (non-hydrogen) atoms. The summed E-state index contributed by atoms with van der Waals surface area (Å²) in [6.07, 6.45) is 14.2. The lowest BCUT2D eigenvalue weighted by Crippen LogP contribution is -2.65. The van der Waals surface area contributed by atoms with Crippen LogP contribution in [-0.4, -0.2) is 137 Å². The summed E-state index contributed by atoms with van der Waals surface area (Å²) in [6, 6.07) is 15.9. The first-order chi connectivity index (χ1) is 32.3. The molecule has 1 spiro atoms. The molecule has 2 unspecified atom stereocenters. The summed E-state index contributed by atoms with van der Waals surface area (Å²) in [5, 5.41) is 28.6. The maximum atomic E-state index is 14.1. The molecule has 2 aromatic heterocycles. The lowest BCUT2D eigenvalue weighted by Gasteiger charge is -2.59. The van der Waals surface area contributed by atoms with E-state index in [9.17, 15) is 19.5 Å². The van der Waals surface area contributed by atoms with Crippen LogP contribution in [0.2, 0.25) is 0 Å². The molecule has 2 aromatic carbocycles. The summed E-state index contributed by atoms with van der Waals surface area (Å²) in [5.74, 6) is 4.65. The largest absolute Gasteiger partial charge is 0.507 e. The molecule has 352 valence electrons. The van der Waals surface area contributed by atoms with Gasteiger partial charge in [0.05, 0.1) is 23.8 Å². The van der Waals surface area contributed by atoms with Gasteiger partial charge in [0, 0.05) is 101 Å². The van der Waals surface area contributed by atoms with E-state index in [-0.39, 0.29) is 34.8 Å². The molecule has 1 saturated carbocycles. The maximum absolute atomic E-state index is 14.1. The van der Waals surface area contributed by atoms with E-state index in [4.69, 9.17) is 16.4 Å². The van der Waals surface area contributed by atoms with Crippen molar-refractivity contribution < 1.29 is 19.5 Å². The maximum Gasteiger partial charge on any atom is 0.246 e. The van der Waals surface area contributed by atoms with Gasteiger partial charge in [-0.05, 0) is 79.8 Å². The number of likely N-dealkylation sites (tertiary alicyclic amines) is 1. The Balaban J connectivity index is 0.711. The molecule has 3 amide bonds. The number of rotatable bonds is 12. The van der Waals surface area contributed by atoms with E-state index >= 15 is 0 Å². The zero-order valence-corrected chi connectivity index (χ0v) is 39.2. The highest BCUT2D eigenvalue weighted by Gasteiger charge is 2.55. The minimum absolute atomic E-state index is 0.0652. The number of phenols is 1. The molecule has 9 rings (SSSR count). The molecule has 0 bridgehead atoms. The van der Waals surface area contributed by atoms with Crippen molar-refractivity contribution in [2.45, 2.75) is 84.0 Å². The van der Waals surface area contributed by atoms with Gasteiger partial charge in [0.2, 0.25) is 17.7 Å². The summed E-state index contributed by atoms with van der Waals surface area (Å²) in [5.41, 5.74) is 3.55. The number of carbonyl (C=O) groups excluding carboxylic acids is 3. The lowest BCUT2D eigenvalue weighted by molar-refractivity contribution is -0.146. The average Bonchev–Trinajstić information content (AvgIpc) is 3.82. The van der Waals surface area contributed by atoms with Crippen molar-refractivity contribution in [1.29, 1.82) is 0 Å². The van der Waals surface area contributed by atoms with Crippen LogP contribution in [0, 0.1) is 29.1 Å². The van der Waals surface area contributed by atoms with Crippen LogP contribution >= 0.6 is 0 Å². The fourth-order valence-corrected chi connectivity index (χ4v) is 10.8. The quantitative estimate of drug-likeness (QED) is 0.147. The smallest absolute Gasteiger partial charge is 0.246 e. The number of benzene rings is 2. The first-order valence-corrected chi connectivity index (χ1v) is 23.9. The van der Waals surface area contributed by atoms with E-state index in [1.54, 1.807) is 17.0 Å². The van der Waals surface area contributed by atoms with Crippen molar-refractivity contribution in [3.05, 3.63) is 78.1 Å². The summed E-state index contributed by atoms with van der Waals surface area (Å²) in [4.78, 5) is 62.1. The molecular formula is C51H64N12O4. The topological polar surface area (TPSA) is 175 Å². The zero-order chi connectivity index (χ0) is 46.9. The van der Waals surface area contributed by atoms with Crippen molar-refractivity contribution >= 4 is 40.9 Å². The van der Waals surface area contributed by atoms with Gasteiger partial charge in [0.25, 0.3) is 0 Å². The van der Waals surface area contributed by atoms with Crippen molar-refractivity contribution in [2.24, 2.45) is 16.7 Å². The van der Waals surface area contributed by atoms with E-state index in [2.05, 4.69) is 51.7 Å².